The zero-order valence-corrected chi connectivity index (χ0v) is 31.0. The molecule has 0 saturated carbocycles. The van der Waals surface area contributed by atoms with Gasteiger partial charge in [0.25, 0.3) is 0 Å². The van der Waals surface area contributed by atoms with E-state index in [4.69, 9.17) is 4.98 Å². The van der Waals surface area contributed by atoms with Gasteiger partial charge in [-0.05, 0) is 108 Å². The molecule has 12 rings (SSSR count). The summed E-state index contributed by atoms with van der Waals surface area (Å²) in [6.07, 6.45) is 0. The van der Waals surface area contributed by atoms with E-state index < -0.39 is 0 Å². The molecule has 12 aromatic rings. The zero-order valence-electron chi connectivity index (χ0n) is 31.0. The van der Waals surface area contributed by atoms with Gasteiger partial charge in [0.05, 0.1) is 22.2 Å². The van der Waals surface area contributed by atoms with Crippen molar-refractivity contribution in [1.82, 2.24) is 9.55 Å². The number of rotatable bonds is 4. The van der Waals surface area contributed by atoms with Gasteiger partial charge in [0, 0.05) is 32.8 Å². The maximum atomic E-state index is 5.47. The van der Waals surface area contributed by atoms with Gasteiger partial charge in [-0.3, -0.25) is 0 Å². The molecule has 57 heavy (non-hydrogen) atoms. The summed E-state index contributed by atoms with van der Waals surface area (Å²) in [4.78, 5) is 5.47. The first kappa shape index (κ1) is 31.8. The molecule has 0 aliphatic rings. The maximum absolute atomic E-state index is 5.47. The summed E-state index contributed by atoms with van der Waals surface area (Å²) in [7, 11) is 0. The molecule has 2 aromatic heterocycles. The summed E-state index contributed by atoms with van der Waals surface area (Å²) in [5.41, 5.74) is 11.5. The second kappa shape index (κ2) is 12.5. The minimum absolute atomic E-state index is 0.985. The second-order valence-electron chi connectivity index (χ2n) is 15.1. The van der Waals surface area contributed by atoms with Crippen molar-refractivity contribution in [3.05, 3.63) is 206 Å². The molecule has 2 heteroatoms. The molecule has 0 bridgehead atoms. The van der Waals surface area contributed by atoms with E-state index >= 15 is 0 Å². The van der Waals surface area contributed by atoms with Crippen molar-refractivity contribution in [2.45, 2.75) is 0 Å². The lowest BCUT2D eigenvalue weighted by Crippen LogP contribution is -1.95. The first-order valence-electron chi connectivity index (χ1n) is 19.6. The molecule has 0 fully saturated rings. The van der Waals surface area contributed by atoms with Gasteiger partial charge >= 0.3 is 0 Å². The Kier molecular flexibility index (Phi) is 6.96. The topological polar surface area (TPSA) is 17.8 Å². The number of aromatic nitrogens is 2. The van der Waals surface area contributed by atoms with Crippen LogP contribution in [0.5, 0.6) is 0 Å². The van der Waals surface area contributed by atoms with Crippen molar-refractivity contribution in [2.24, 2.45) is 0 Å². The number of pyridine rings is 1. The van der Waals surface area contributed by atoms with Gasteiger partial charge in [0.15, 0.2) is 0 Å². The highest BCUT2D eigenvalue weighted by molar-refractivity contribution is 6.23. The molecule has 0 unspecified atom stereocenters. The van der Waals surface area contributed by atoms with E-state index in [9.17, 15) is 0 Å². The summed E-state index contributed by atoms with van der Waals surface area (Å²) in [6, 6.07) is 75.2. The highest BCUT2D eigenvalue weighted by atomic mass is 15.0. The molecule has 0 saturated heterocycles. The Morgan fingerprint density at radius 2 is 0.877 bits per heavy atom. The summed E-state index contributed by atoms with van der Waals surface area (Å²) in [5.74, 6) is 0. The van der Waals surface area contributed by atoms with Crippen LogP contribution in [0.25, 0.3) is 115 Å². The Labute approximate surface area is 329 Å². The van der Waals surface area contributed by atoms with Crippen molar-refractivity contribution in [1.29, 1.82) is 0 Å². The largest absolute Gasteiger partial charge is 0.309 e. The summed E-state index contributed by atoms with van der Waals surface area (Å²) in [5, 5.41) is 13.5. The number of hydrogen-bond donors (Lipinski definition) is 0. The van der Waals surface area contributed by atoms with Crippen LogP contribution in [0.1, 0.15) is 0 Å². The normalized spacial score (nSPS) is 11.9. The van der Waals surface area contributed by atoms with Crippen molar-refractivity contribution in [3.63, 3.8) is 0 Å². The van der Waals surface area contributed by atoms with E-state index in [1.165, 1.54) is 81.8 Å². The molecule has 2 nitrogen and oxygen atoms in total. The average molecular weight is 723 g/mol. The number of para-hydroxylation sites is 3. The van der Waals surface area contributed by atoms with Gasteiger partial charge in [0.2, 0.25) is 0 Å². The first-order valence-corrected chi connectivity index (χ1v) is 19.6. The molecule has 0 N–H and O–H groups in total. The van der Waals surface area contributed by atoms with Crippen molar-refractivity contribution >= 4 is 75.8 Å². The molecule has 10 aromatic carbocycles. The fraction of sp³-hybridized carbons (Fsp3) is 0. The van der Waals surface area contributed by atoms with Crippen molar-refractivity contribution in [2.75, 3.05) is 0 Å². The van der Waals surface area contributed by atoms with Gasteiger partial charge in [0.1, 0.15) is 0 Å². The van der Waals surface area contributed by atoms with Gasteiger partial charge in [-0.2, -0.15) is 0 Å². The highest BCUT2D eigenvalue weighted by Crippen LogP contribution is 2.46. The van der Waals surface area contributed by atoms with Crippen LogP contribution in [0.3, 0.4) is 0 Å². The third kappa shape index (κ3) is 4.87. The minimum Gasteiger partial charge on any atom is -0.309 e. The monoisotopic (exact) mass is 722 g/mol. The van der Waals surface area contributed by atoms with Crippen LogP contribution in [0, 0.1) is 0 Å². The van der Waals surface area contributed by atoms with Crippen LogP contribution in [0.4, 0.5) is 0 Å². The van der Waals surface area contributed by atoms with E-state index in [1.54, 1.807) is 0 Å². The van der Waals surface area contributed by atoms with Crippen LogP contribution in [-0.2, 0) is 0 Å². The summed E-state index contributed by atoms with van der Waals surface area (Å²) >= 11 is 0. The predicted octanol–water partition coefficient (Wildman–Crippen LogP) is 14.9. The van der Waals surface area contributed by atoms with E-state index in [1.807, 2.05) is 0 Å². The Morgan fingerprint density at radius 3 is 1.61 bits per heavy atom. The smallest absolute Gasteiger partial charge is 0.0789 e. The summed E-state index contributed by atoms with van der Waals surface area (Å²) in [6.45, 7) is 0. The molecular weight excluding hydrogens is 689 g/mol. The molecule has 2 heterocycles. The third-order valence-electron chi connectivity index (χ3n) is 11.9. The molecule has 0 atom stereocenters. The number of nitrogens with zero attached hydrogens (tertiary/aromatic N) is 2. The van der Waals surface area contributed by atoms with Crippen molar-refractivity contribution < 1.29 is 0 Å². The average Bonchev–Trinajstić information content (AvgIpc) is 3.60. The first-order chi connectivity index (χ1) is 28.3. The van der Waals surface area contributed by atoms with Crippen LogP contribution >= 0.6 is 0 Å². The maximum Gasteiger partial charge on any atom is 0.0789 e. The van der Waals surface area contributed by atoms with Crippen LogP contribution < -0.4 is 0 Å². The number of benzene rings is 10. The van der Waals surface area contributed by atoms with Crippen LogP contribution in [0.15, 0.2) is 206 Å². The molecular formula is C55H34N2. The molecule has 0 aliphatic heterocycles. The zero-order chi connectivity index (χ0) is 37.5. The Morgan fingerprint density at radius 1 is 0.298 bits per heavy atom. The standard InChI is InChI=1S/C55H34N2/c1-2-19-40(20-3-1)57-51-28-13-11-22-42(51)48-33-47-41-21-10-12-27-50(41)56-55(49(47)34-52(48)57)39-18-14-17-37(32-39)53-43-23-6-8-25-45(43)54(46-26-9-7-24-44(46)53)38-30-29-35-15-4-5-16-36(35)31-38/h1-34H. The molecule has 0 radical (unpaired) electrons. The van der Waals surface area contributed by atoms with Crippen LogP contribution in [0.2, 0.25) is 0 Å². The van der Waals surface area contributed by atoms with Gasteiger partial charge in [-0.1, -0.05) is 158 Å². The Hall–Kier alpha value is -7.55. The molecule has 0 spiro atoms. The number of fused-ring (bicyclic) bond motifs is 9. The van der Waals surface area contributed by atoms with E-state index in [0.29, 0.717) is 0 Å². The number of hydrogen-bond acceptors (Lipinski definition) is 1. The van der Waals surface area contributed by atoms with Crippen molar-refractivity contribution in [3.8, 4) is 39.2 Å². The van der Waals surface area contributed by atoms with Gasteiger partial charge in [-0.25, -0.2) is 4.98 Å². The fourth-order valence-corrected chi connectivity index (χ4v) is 9.41. The van der Waals surface area contributed by atoms with E-state index in [-0.39, 0.29) is 0 Å². The molecule has 0 aliphatic carbocycles. The second-order valence-corrected chi connectivity index (χ2v) is 15.1. The Balaban J connectivity index is 1.13. The predicted molar refractivity (Wildman–Crippen MR) is 242 cm³/mol. The van der Waals surface area contributed by atoms with Gasteiger partial charge < -0.3 is 4.57 Å². The fourth-order valence-electron chi connectivity index (χ4n) is 9.41. The summed E-state index contributed by atoms with van der Waals surface area (Å²) < 4.78 is 2.40. The molecule has 0 amide bonds. The van der Waals surface area contributed by atoms with Crippen LogP contribution in [-0.4, -0.2) is 9.55 Å². The van der Waals surface area contributed by atoms with E-state index in [0.717, 1.165) is 33.2 Å². The third-order valence-corrected chi connectivity index (χ3v) is 11.9. The lowest BCUT2D eigenvalue weighted by Gasteiger charge is -2.18. The SMILES string of the molecule is c1ccc(-n2c3ccccc3c3cc4c(cc32)c(-c2cccc(-c3c5ccccc5c(-c5ccc6ccccc6c5)c5ccccc35)c2)nc2ccccc24)cc1. The van der Waals surface area contributed by atoms with E-state index in [2.05, 4.69) is 211 Å². The quantitative estimate of drug-likeness (QED) is 0.131. The lowest BCUT2D eigenvalue weighted by molar-refractivity contribution is 1.18. The minimum atomic E-state index is 0.985. The van der Waals surface area contributed by atoms with Gasteiger partial charge in [-0.15, -0.1) is 0 Å². The Bertz CT molecular complexity index is 3520. The highest BCUT2D eigenvalue weighted by Gasteiger charge is 2.20. The lowest BCUT2D eigenvalue weighted by atomic mass is 9.85. The molecule has 264 valence electrons.